The van der Waals surface area contributed by atoms with Crippen LogP contribution in [0.25, 0.3) is 0 Å². The fraction of sp³-hybridized carbons (Fsp3) is 0.200. The number of carboxylic acids is 1. The Balaban J connectivity index is 2.77. The molecule has 0 saturated heterocycles. The smallest absolute Gasteiger partial charge is 0.303 e. The Morgan fingerprint density at radius 1 is 1.50 bits per heavy atom. The molecule has 0 bridgehead atoms. The average Bonchev–Trinajstić information content (AvgIpc) is 2.29. The molecule has 0 unspecified atom stereocenters. The maximum atomic E-state index is 13.3. The SMILES string of the molecule is O=C(O)CCC(=S)Nc1cc([N+](=O)[O-])ccc1F. The van der Waals surface area contributed by atoms with Crippen molar-refractivity contribution in [2.75, 3.05) is 5.32 Å². The normalized spacial score (nSPS) is 9.83. The number of rotatable bonds is 5. The Labute approximate surface area is 107 Å². The van der Waals surface area contributed by atoms with Gasteiger partial charge in [-0.3, -0.25) is 14.9 Å². The highest BCUT2D eigenvalue weighted by Gasteiger charge is 2.12. The topological polar surface area (TPSA) is 92.5 Å². The fourth-order valence-corrected chi connectivity index (χ4v) is 1.37. The number of non-ortho nitro benzene ring substituents is 1. The molecule has 8 heteroatoms. The maximum Gasteiger partial charge on any atom is 0.303 e. The summed E-state index contributed by atoms with van der Waals surface area (Å²) in [5.74, 6) is -1.73. The summed E-state index contributed by atoms with van der Waals surface area (Å²) in [6.07, 6.45) is -0.158. The number of nitrogens with one attached hydrogen (secondary N) is 1. The van der Waals surface area contributed by atoms with Crippen LogP contribution in [0.1, 0.15) is 12.8 Å². The molecule has 0 aliphatic carbocycles. The zero-order chi connectivity index (χ0) is 13.7. The van der Waals surface area contributed by atoms with E-state index < -0.39 is 16.7 Å². The third-order valence-corrected chi connectivity index (χ3v) is 2.31. The van der Waals surface area contributed by atoms with Crippen molar-refractivity contribution >= 4 is 34.6 Å². The Morgan fingerprint density at radius 2 is 2.17 bits per heavy atom. The van der Waals surface area contributed by atoms with Crippen molar-refractivity contribution in [2.45, 2.75) is 12.8 Å². The number of nitro groups is 1. The van der Waals surface area contributed by atoms with Crippen LogP contribution in [0.5, 0.6) is 0 Å². The average molecular weight is 272 g/mol. The van der Waals surface area contributed by atoms with Crippen molar-refractivity contribution < 1.29 is 19.2 Å². The summed E-state index contributed by atoms with van der Waals surface area (Å²) in [5, 5.41) is 21.4. The molecule has 0 atom stereocenters. The van der Waals surface area contributed by atoms with E-state index in [0.29, 0.717) is 0 Å². The molecule has 0 amide bonds. The van der Waals surface area contributed by atoms with Gasteiger partial charge in [0.2, 0.25) is 0 Å². The molecule has 0 fully saturated rings. The van der Waals surface area contributed by atoms with Gasteiger partial charge in [-0.2, -0.15) is 0 Å². The van der Waals surface area contributed by atoms with Gasteiger partial charge in [-0.15, -0.1) is 0 Å². The molecule has 2 N–H and O–H groups in total. The second kappa shape index (κ2) is 6.01. The lowest BCUT2D eigenvalue weighted by atomic mass is 10.2. The first-order chi connectivity index (χ1) is 8.40. The standard InChI is InChI=1S/C10H9FN2O4S/c11-7-2-1-6(13(16)17)5-8(7)12-9(18)3-4-10(14)15/h1-2,5H,3-4H2,(H,12,18)(H,14,15). The van der Waals surface area contributed by atoms with Gasteiger partial charge in [0.25, 0.3) is 5.69 Å². The van der Waals surface area contributed by atoms with Gasteiger partial charge in [0, 0.05) is 18.6 Å². The number of hydrogen-bond acceptors (Lipinski definition) is 4. The predicted molar refractivity (Wildman–Crippen MR) is 66.1 cm³/mol. The largest absolute Gasteiger partial charge is 0.481 e. The monoisotopic (exact) mass is 272 g/mol. The van der Waals surface area contributed by atoms with E-state index in [-0.39, 0.29) is 29.2 Å². The fourth-order valence-electron chi connectivity index (χ4n) is 1.16. The van der Waals surface area contributed by atoms with Crippen LogP contribution in [-0.4, -0.2) is 21.0 Å². The Kier molecular flexibility index (Phi) is 4.67. The summed E-state index contributed by atoms with van der Waals surface area (Å²) in [6.45, 7) is 0. The van der Waals surface area contributed by atoms with Crippen LogP contribution in [0, 0.1) is 15.9 Å². The number of nitrogens with zero attached hydrogens (tertiary/aromatic N) is 1. The first-order valence-electron chi connectivity index (χ1n) is 4.85. The number of nitro benzene ring substituents is 1. The molecule has 1 rings (SSSR count). The quantitative estimate of drug-likeness (QED) is 0.485. The van der Waals surface area contributed by atoms with Crippen LogP contribution < -0.4 is 5.32 Å². The van der Waals surface area contributed by atoms with Gasteiger partial charge in [0.15, 0.2) is 0 Å². The summed E-state index contributed by atoms with van der Waals surface area (Å²) in [6, 6.07) is 2.98. The lowest BCUT2D eigenvalue weighted by molar-refractivity contribution is -0.384. The zero-order valence-corrected chi connectivity index (χ0v) is 9.87. The van der Waals surface area contributed by atoms with E-state index in [1.165, 1.54) is 0 Å². The van der Waals surface area contributed by atoms with Crippen LogP contribution in [0.4, 0.5) is 15.8 Å². The van der Waals surface area contributed by atoms with E-state index in [0.717, 1.165) is 18.2 Å². The van der Waals surface area contributed by atoms with Crippen molar-refractivity contribution in [3.8, 4) is 0 Å². The molecule has 0 spiro atoms. The molecule has 0 aromatic heterocycles. The Morgan fingerprint density at radius 3 is 2.72 bits per heavy atom. The van der Waals surface area contributed by atoms with Crippen molar-refractivity contribution in [1.29, 1.82) is 0 Å². The second-order valence-corrected chi connectivity index (χ2v) is 3.86. The number of carbonyl (C=O) groups is 1. The van der Waals surface area contributed by atoms with Gasteiger partial charge in [-0.25, -0.2) is 4.39 Å². The van der Waals surface area contributed by atoms with Gasteiger partial charge >= 0.3 is 5.97 Å². The molecule has 96 valence electrons. The minimum atomic E-state index is -1.03. The highest BCUT2D eigenvalue weighted by atomic mass is 32.1. The minimum absolute atomic E-state index is 0.0345. The van der Waals surface area contributed by atoms with Gasteiger partial charge in [-0.05, 0) is 6.07 Å². The lowest BCUT2D eigenvalue weighted by Crippen LogP contribution is -2.12. The molecule has 1 aromatic carbocycles. The molecular weight excluding hydrogens is 263 g/mol. The summed E-state index contributed by atoms with van der Waals surface area (Å²) < 4.78 is 13.3. The van der Waals surface area contributed by atoms with E-state index in [9.17, 15) is 19.3 Å². The maximum absolute atomic E-state index is 13.3. The molecule has 0 aliphatic rings. The highest BCUT2D eigenvalue weighted by Crippen LogP contribution is 2.21. The Hall–Kier alpha value is -2.09. The van der Waals surface area contributed by atoms with Crippen LogP contribution in [0.15, 0.2) is 18.2 Å². The summed E-state index contributed by atoms with van der Waals surface area (Å²) in [7, 11) is 0. The van der Waals surface area contributed by atoms with Crippen molar-refractivity contribution in [2.24, 2.45) is 0 Å². The molecule has 0 aliphatic heterocycles. The summed E-state index contributed by atoms with van der Waals surface area (Å²) >= 11 is 4.81. The van der Waals surface area contributed by atoms with Gasteiger partial charge in [0.1, 0.15) is 5.82 Å². The van der Waals surface area contributed by atoms with Crippen molar-refractivity contribution in [3.05, 3.63) is 34.1 Å². The number of aliphatic carboxylic acids is 1. The van der Waals surface area contributed by atoms with E-state index in [1.807, 2.05) is 0 Å². The molecule has 0 radical (unpaired) electrons. The third kappa shape index (κ3) is 4.06. The molecule has 1 aromatic rings. The van der Waals surface area contributed by atoms with E-state index in [2.05, 4.69) is 5.32 Å². The van der Waals surface area contributed by atoms with Crippen LogP contribution in [0.3, 0.4) is 0 Å². The number of benzene rings is 1. The molecule has 6 nitrogen and oxygen atoms in total. The van der Waals surface area contributed by atoms with Crippen molar-refractivity contribution in [3.63, 3.8) is 0 Å². The first kappa shape index (κ1) is 14.0. The number of halogens is 1. The van der Waals surface area contributed by atoms with Crippen LogP contribution in [-0.2, 0) is 4.79 Å². The van der Waals surface area contributed by atoms with Gasteiger partial charge < -0.3 is 10.4 Å². The number of carboxylic acid groups (broad SMARTS) is 1. The Bertz CT molecular complexity index is 507. The lowest BCUT2D eigenvalue weighted by Gasteiger charge is -2.07. The number of hydrogen-bond donors (Lipinski definition) is 2. The third-order valence-electron chi connectivity index (χ3n) is 2.00. The predicted octanol–water partition coefficient (Wildman–Crippen LogP) is 2.34. The van der Waals surface area contributed by atoms with Crippen LogP contribution in [0.2, 0.25) is 0 Å². The van der Waals surface area contributed by atoms with E-state index in [1.54, 1.807) is 0 Å². The molecule has 0 saturated carbocycles. The first-order valence-corrected chi connectivity index (χ1v) is 5.26. The number of thiocarbonyl (C=S) groups is 1. The van der Waals surface area contributed by atoms with Gasteiger partial charge in [-0.1, -0.05) is 12.2 Å². The van der Waals surface area contributed by atoms with Gasteiger partial charge in [0.05, 0.1) is 22.0 Å². The van der Waals surface area contributed by atoms with E-state index in [4.69, 9.17) is 17.3 Å². The zero-order valence-electron chi connectivity index (χ0n) is 9.05. The summed E-state index contributed by atoms with van der Waals surface area (Å²) in [4.78, 5) is 20.3. The van der Waals surface area contributed by atoms with Crippen molar-refractivity contribution in [1.82, 2.24) is 0 Å². The minimum Gasteiger partial charge on any atom is -0.481 e. The highest BCUT2D eigenvalue weighted by molar-refractivity contribution is 7.80. The molecule has 0 heterocycles. The summed E-state index contributed by atoms with van der Waals surface area (Å²) in [5.41, 5.74) is -0.417. The van der Waals surface area contributed by atoms with E-state index >= 15 is 0 Å². The second-order valence-electron chi connectivity index (χ2n) is 3.36. The molecular formula is C10H9FN2O4S. The van der Waals surface area contributed by atoms with Crippen LogP contribution >= 0.6 is 12.2 Å². The number of anilines is 1. The molecule has 18 heavy (non-hydrogen) atoms.